The van der Waals surface area contributed by atoms with Gasteiger partial charge in [-0.3, -0.25) is 4.79 Å². The van der Waals surface area contributed by atoms with Crippen LogP contribution in [0.25, 0.3) is 0 Å². The molecule has 1 unspecified atom stereocenters. The highest BCUT2D eigenvalue weighted by Crippen LogP contribution is 2.25. The normalized spacial score (nSPS) is 20.4. The van der Waals surface area contributed by atoms with E-state index in [1.807, 2.05) is 4.90 Å². The van der Waals surface area contributed by atoms with Crippen LogP contribution in [0, 0.1) is 11.8 Å². The number of likely N-dealkylation sites (tertiary alicyclic amines) is 1. The van der Waals surface area contributed by atoms with Crippen LogP contribution in [-0.4, -0.2) is 28.9 Å². The van der Waals surface area contributed by atoms with Crippen molar-refractivity contribution in [1.82, 2.24) is 9.88 Å². The molecule has 2 N–H and O–H groups in total. The first-order valence-electron chi connectivity index (χ1n) is 7.08. The van der Waals surface area contributed by atoms with E-state index in [9.17, 15) is 4.79 Å². The summed E-state index contributed by atoms with van der Waals surface area (Å²) in [6.07, 6.45) is 4.99. The first-order chi connectivity index (χ1) is 9.08. The Balaban J connectivity index is 2.02. The van der Waals surface area contributed by atoms with Crippen molar-refractivity contribution in [2.45, 2.75) is 33.1 Å². The molecule has 1 atom stereocenters. The summed E-state index contributed by atoms with van der Waals surface area (Å²) < 4.78 is 0. The number of nitrogens with two attached hydrogens (primary N) is 1. The van der Waals surface area contributed by atoms with Crippen molar-refractivity contribution < 1.29 is 4.79 Å². The molecule has 0 aromatic carbocycles. The van der Waals surface area contributed by atoms with Crippen LogP contribution in [0.3, 0.4) is 0 Å². The number of carbonyl (C=O) groups excluding carboxylic acids is 1. The minimum Gasteiger partial charge on any atom is -0.384 e. The molecule has 4 nitrogen and oxygen atoms in total. The number of nitrogen functional groups attached to an aromatic ring is 1. The predicted octanol–water partition coefficient (Wildman–Crippen LogP) is 2.56. The third-order valence-corrected chi connectivity index (χ3v) is 4.04. The van der Waals surface area contributed by atoms with E-state index in [4.69, 9.17) is 5.73 Å². The molecule has 1 aromatic rings. The van der Waals surface area contributed by atoms with E-state index in [-0.39, 0.29) is 5.91 Å². The molecular weight excluding hydrogens is 238 g/mol. The van der Waals surface area contributed by atoms with E-state index in [0.29, 0.717) is 17.3 Å². The smallest absolute Gasteiger partial charge is 0.255 e. The summed E-state index contributed by atoms with van der Waals surface area (Å²) in [5.74, 6) is 1.97. The standard InChI is InChI=1S/C15H23N3O/c1-11(2)12-4-3-8-18(9-7-12)15(19)13-5-6-14(16)17-10-13/h5-6,10-12H,3-4,7-9H2,1-2H3,(H2,16,17). The van der Waals surface area contributed by atoms with Gasteiger partial charge in [-0.1, -0.05) is 13.8 Å². The Hall–Kier alpha value is -1.58. The molecule has 1 amide bonds. The highest BCUT2D eigenvalue weighted by molar-refractivity contribution is 5.94. The quantitative estimate of drug-likeness (QED) is 0.890. The monoisotopic (exact) mass is 261 g/mol. The number of hydrogen-bond donors (Lipinski definition) is 1. The van der Waals surface area contributed by atoms with Crippen LogP contribution in [0.1, 0.15) is 43.5 Å². The first kappa shape index (κ1) is 13.8. The zero-order valence-electron chi connectivity index (χ0n) is 11.8. The summed E-state index contributed by atoms with van der Waals surface area (Å²) in [4.78, 5) is 18.3. The van der Waals surface area contributed by atoms with Crippen molar-refractivity contribution >= 4 is 11.7 Å². The minimum absolute atomic E-state index is 0.0805. The second kappa shape index (κ2) is 6.04. The van der Waals surface area contributed by atoms with Gasteiger partial charge in [0.2, 0.25) is 0 Å². The Labute approximate surface area is 115 Å². The number of anilines is 1. The van der Waals surface area contributed by atoms with E-state index >= 15 is 0 Å². The molecule has 4 heteroatoms. The Morgan fingerprint density at radius 3 is 2.79 bits per heavy atom. The lowest BCUT2D eigenvalue weighted by molar-refractivity contribution is 0.0758. The lowest BCUT2D eigenvalue weighted by atomic mass is 9.89. The highest BCUT2D eigenvalue weighted by Gasteiger charge is 2.23. The number of amides is 1. The van der Waals surface area contributed by atoms with Gasteiger partial charge in [-0.25, -0.2) is 4.98 Å². The number of nitrogens with zero attached hydrogens (tertiary/aromatic N) is 2. The van der Waals surface area contributed by atoms with Crippen molar-refractivity contribution in [1.29, 1.82) is 0 Å². The lowest BCUT2D eigenvalue weighted by Gasteiger charge is -2.21. The van der Waals surface area contributed by atoms with Gasteiger partial charge in [-0.05, 0) is 43.2 Å². The van der Waals surface area contributed by atoms with Gasteiger partial charge in [0, 0.05) is 19.3 Å². The summed E-state index contributed by atoms with van der Waals surface area (Å²) in [5.41, 5.74) is 6.18. The van der Waals surface area contributed by atoms with E-state index in [1.165, 1.54) is 6.42 Å². The van der Waals surface area contributed by atoms with Gasteiger partial charge in [0.15, 0.2) is 0 Å². The molecule has 0 aliphatic carbocycles. The van der Waals surface area contributed by atoms with E-state index in [0.717, 1.165) is 31.8 Å². The van der Waals surface area contributed by atoms with Gasteiger partial charge in [-0.2, -0.15) is 0 Å². The second-order valence-electron chi connectivity index (χ2n) is 5.70. The third-order valence-electron chi connectivity index (χ3n) is 4.04. The second-order valence-corrected chi connectivity index (χ2v) is 5.70. The van der Waals surface area contributed by atoms with Crippen LogP contribution in [0.5, 0.6) is 0 Å². The topological polar surface area (TPSA) is 59.2 Å². The molecule has 0 saturated carbocycles. The fourth-order valence-corrected chi connectivity index (χ4v) is 2.71. The maximum absolute atomic E-state index is 12.4. The summed E-state index contributed by atoms with van der Waals surface area (Å²) in [7, 11) is 0. The van der Waals surface area contributed by atoms with Gasteiger partial charge >= 0.3 is 0 Å². The van der Waals surface area contributed by atoms with E-state index in [1.54, 1.807) is 18.3 Å². The SMILES string of the molecule is CC(C)C1CCCN(C(=O)c2ccc(N)nc2)CC1. The molecule has 0 radical (unpaired) electrons. The molecule has 1 saturated heterocycles. The van der Waals surface area contributed by atoms with Crippen LogP contribution < -0.4 is 5.73 Å². The maximum Gasteiger partial charge on any atom is 0.255 e. The van der Waals surface area contributed by atoms with Gasteiger partial charge in [0.05, 0.1) is 5.56 Å². The number of aromatic nitrogens is 1. The van der Waals surface area contributed by atoms with E-state index < -0.39 is 0 Å². The summed E-state index contributed by atoms with van der Waals surface area (Å²) in [6.45, 7) is 6.25. The van der Waals surface area contributed by atoms with Gasteiger partial charge < -0.3 is 10.6 Å². The molecule has 104 valence electrons. The molecule has 0 bridgehead atoms. The minimum atomic E-state index is 0.0805. The van der Waals surface area contributed by atoms with Crippen LogP contribution in [0.15, 0.2) is 18.3 Å². The Kier molecular flexibility index (Phi) is 4.40. The van der Waals surface area contributed by atoms with Crippen LogP contribution in [0.4, 0.5) is 5.82 Å². The van der Waals surface area contributed by atoms with Crippen molar-refractivity contribution in [2.75, 3.05) is 18.8 Å². The van der Waals surface area contributed by atoms with Crippen LogP contribution in [0.2, 0.25) is 0 Å². The number of rotatable bonds is 2. The molecule has 2 heterocycles. The Morgan fingerprint density at radius 1 is 1.37 bits per heavy atom. The highest BCUT2D eigenvalue weighted by atomic mass is 16.2. The molecule has 2 rings (SSSR count). The average Bonchev–Trinajstić information content (AvgIpc) is 2.64. The van der Waals surface area contributed by atoms with Gasteiger partial charge in [-0.15, -0.1) is 0 Å². The molecule has 1 fully saturated rings. The Bertz CT molecular complexity index is 428. The fraction of sp³-hybridized carbons (Fsp3) is 0.600. The lowest BCUT2D eigenvalue weighted by Crippen LogP contribution is -2.32. The zero-order chi connectivity index (χ0) is 13.8. The summed E-state index contributed by atoms with van der Waals surface area (Å²) >= 11 is 0. The van der Waals surface area contributed by atoms with E-state index in [2.05, 4.69) is 18.8 Å². The molecule has 0 spiro atoms. The summed E-state index contributed by atoms with van der Waals surface area (Å²) in [5, 5.41) is 0. The zero-order valence-corrected chi connectivity index (χ0v) is 11.8. The van der Waals surface area contributed by atoms with Crippen molar-refractivity contribution in [2.24, 2.45) is 11.8 Å². The summed E-state index contributed by atoms with van der Waals surface area (Å²) in [6, 6.07) is 3.44. The van der Waals surface area contributed by atoms with Crippen molar-refractivity contribution in [3.63, 3.8) is 0 Å². The largest absolute Gasteiger partial charge is 0.384 e. The van der Waals surface area contributed by atoms with Crippen LogP contribution in [-0.2, 0) is 0 Å². The third kappa shape index (κ3) is 3.46. The Morgan fingerprint density at radius 2 is 2.16 bits per heavy atom. The van der Waals surface area contributed by atoms with Gasteiger partial charge in [0.1, 0.15) is 5.82 Å². The predicted molar refractivity (Wildman–Crippen MR) is 76.7 cm³/mol. The van der Waals surface area contributed by atoms with Crippen molar-refractivity contribution in [3.8, 4) is 0 Å². The molecular formula is C15H23N3O. The number of hydrogen-bond acceptors (Lipinski definition) is 3. The van der Waals surface area contributed by atoms with Gasteiger partial charge in [0.25, 0.3) is 5.91 Å². The average molecular weight is 261 g/mol. The van der Waals surface area contributed by atoms with Crippen LogP contribution >= 0.6 is 0 Å². The fourth-order valence-electron chi connectivity index (χ4n) is 2.71. The first-order valence-corrected chi connectivity index (χ1v) is 7.08. The molecule has 1 aliphatic heterocycles. The molecule has 1 aromatic heterocycles. The maximum atomic E-state index is 12.4. The molecule has 1 aliphatic rings. The van der Waals surface area contributed by atoms with Crippen molar-refractivity contribution in [3.05, 3.63) is 23.9 Å². The number of pyridine rings is 1. The number of carbonyl (C=O) groups is 1. The molecule has 19 heavy (non-hydrogen) atoms.